The first kappa shape index (κ1) is 12.2. The quantitative estimate of drug-likeness (QED) is 0.802. The summed E-state index contributed by atoms with van der Waals surface area (Å²) in [6, 6.07) is 7.98. The van der Waals surface area contributed by atoms with Crippen LogP contribution < -0.4 is 5.32 Å². The predicted octanol–water partition coefficient (Wildman–Crippen LogP) is 2.72. The number of hydrogen-bond acceptors (Lipinski definition) is 6. The van der Waals surface area contributed by atoms with E-state index < -0.39 is 0 Å². The molecule has 0 radical (unpaired) electrons. The average molecular weight is 290 g/mol. The number of para-hydroxylation sites is 1. The van der Waals surface area contributed by atoms with Crippen molar-refractivity contribution in [3.63, 3.8) is 0 Å². The molecule has 0 unspecified atom stereocenters. The number of aromatic nitrogens is 3. The number of benzene rings is 1. The van der Waals surface area contributed by atoms with Gasteiger partial charge in [-0.25, -0.2) is 4.98 Å². The van der Waals surface area contributed by atoms with Crippen molar-refractivity contribution in [2.45, 2.75) is 12.8 Å². The molecular weight excluding hydrogens is 280 g/mol. The van der Waals surface area contributed by atoms with E-state index in [0.29, 0.717) is 18.0 Å². The molecule has 19 heavy (non-hydrogen) atoms. The fourth-order valence-electron chi connectivity index (χ4n) is 1.66. The molecule has 0 bridgehead atoms. The van der Waals surface area contributed by atoms with Gasteiger partial charge in [-0.2, -0.15) is 0 Å². The van der Waals surface area contributed by atoms with Crippen molar-refractivity contribution in [2.24, 2.45) is 0 Å². The second kappa shape index (κ2) is 5.41. The molecule has 3 aromatic rings. The molecule has 0 aliphatic carbocycles. The fourth-order valence-corrected chi connectivity index (χ4v) is 3.08. The highest BCUT2D eigenvalue weighted by Gasteiger charge is 2.08. The molecule has 2 heterocycles. The van der Waals surface area contributed by atoms with Gasteiger partial charge in [-0.05, 0) is 12.1 Å². The molecule has 1 amide bonds. The van der Waals surface area contributed by atoms with Gasteiger partial charge in [-0.15, -0.1) is 21.5 Å². The Hall–Kier alpha value is -1.86. The molecule has 5 nitrogen and oxygen atoms in total. The number of anilines is 1. The molecule has 0 aliphatic rings. The highest BCUT2D eigenvalue weighted by atomic mass is 32.1. The van der Waals surface area contributed by atoms with Crippen molar-refractivity contribution in [2.75, 3.05) is 5.32 Å². The molecule has 0 saturated carbocycles. The Kier molecular flexibility index (Phi) is 3.47. The molecule has 0 aliphatic heterocycles. The molecule has 0 atom stereocenters. The third-order valence-electron chi connectivity index (χ3n) is 2.51. The Morgan fingerprint density at radius 2 is 2.21 bits per heavy atom. The summed E-state index contributed by atoms with van der Waals surface area (Å²) in [6.07, 6.45) is 1.05. The number of hydrogen-bond donors (Lipinski definition) is 1. The maximum absolute atomic E-state index is 11.7. The highest BCUT2D eigenvalue weighted by Crippen LogP contribution is 2.22. The van der Waals surface area contributed by atoms with Crippen molar-refractivity contribution in [3.8, 4) is 0 Å². The molecule has 96 valence electrons. The summed E-state index contributed by atoms with van der Waals surface area (Å²) in [5, 5.41) is 11.7. The van der Waals surface area contributed by atoms with Crippen molar-refractivity contribution in [3.05, 3.63) is 34.8 Å². The topological polar surface area (TPSA) is 67.8 Å². The van der Waals surface area contributed by atoms with Crippen LogP contribution in [-0.2, 0) is 11.2 Å². The third-order valence-corrected chi connectivity index (χ3v) is 4.21. The van der Waals surface area contributed by atoms with Crippen LogP contribution in [0.5, 0.6) is 0 Å². The summed E-state index contributed by atoms with van der Waals surface area (Å²) in [4.78, 5) is 16.2. The second-order valence-electron chi connectivity index (χ2n) is 3.87. The molecule has 7 heteroatoms. The number of carbonyl (C=O) groups excluding carboxylic acids is 1. The molecule has 1 aromatic carbocycles. The SMILES string of the molecule is O=C(CCc1nc2ccccc2s1)Nc1nncs1. The first-order valence-electron chi connectivity index (χ1n) is 5.72. The summed E-state index contributed by atoms with van der Waals surface area (Å²) in [6.45, 7) is 0. The maximum atomic E-state index is 11.7. The van der Waals surface area contributed by atoms with Gasteiger partial charge in [0.1, 0.15) is 5.51 Å². The van der Waals surface area contributed by atoms with Gasteiger partial charge in [0.2, 0.25) is 11.0 Å². The van der Waals surface area contributed by atoms with E-state index in [1.807, 2.05) is 24.3 Å². The average Bonchev–Trinajstić information content (AvgIpc) is 3.04. The molecule has 1 N–H and O–H groups in total. The van der Waals surface area contributed by atoms with Crippen LogP contribution in [0.25, 0.3) is 10.2 Å². The van der Waals surface area contributed by atoms with Gasteiger partial charge in [0, 0.05) is 12.8 Å². The van der Waals surface area contributed by atoms with E-state index in [0.717, 1.165) is 15.2 Å². The summed E-state index contributed by atoms with van der Waals surface area (Å²) in [7, 11) is 0. The van der Waals surface area contributed by atoms with E-state index in [4.69, 9.17) is 0 Å². The molecule has 3 rings (SSSR count). The van der Waals surface area contributed by atoms with Crippen molar-refractivity contribution >= 4 is 43.9 Å². The summed E-state index contributed by atoms with van der Waals surface area (Å²) >= 11 is 2.94. The van der Waals surface area contributed by atoms with E-state index in [1.54, 1.807) is 16.8 Å². The lowest BCUT2D eigenvalue weighted by molar-refractivity contribution is -0.116. The van der Waals surface area contributed by atoms with E-state index in [9.17, 15) is 4.79 Å². The number of nitrogens with one attached hydrogen (secondary N) is 1. The van der Waals surface area contributed by atoms with Gasteiger partial charge in [-0.1, -0.05) is 23.5 Å². The van der Waals surface area contributed by atoms with Crippen molar-refractivity contribution < 1.29 is 4.79 Å². The van der Waals surface area contributed by atoms with Gasteiger partial charge in [0.05, 0.1) is 15.2 Å². The second-order valence-corrected chi connectivity index (χ2v) is 5.82. The molecule has 0 saturated heterocycles. The zero-order valence-corrected chi connectivity index (χ0v) is 11.5. The number of carbonyl (C=O) groups is 1. The van der Waals surface area contributed by atoms with Gasteiger partial charge in [0.25, 0.3) is 0 Å². The van der Waals surface area contributed by atoms with Crippen LogP contribution in [0.3, 0.4) is 0 Å². The lowest BCUT2D eigenvalue weighted by atomic mass is 10.3. The Labute approximate surface area is 117 Å². The largest absolute Gasteiger partial charge is 0.301 e. The van der Waals surface area contributed by atoms with E-state index >= 15 is 0 Å². The van der Waals surface area contributed by atoms with Gasteiger partial charge in [0.15, 0.2) is 0 Å². The summed E-state index contributed by atoms with van der Waals surface area (Å²) in [5.74, 6) is -0.0593. The van der Waals surface area contributed by atoms with Gasteiger partial charge >= 0.3 is 0 Å². The molecular formula is C12H10N4OS2. The zero-order valence-electron chi connectivity index (χ0n) is 9.87. The maximum Gasteiger partial charge on any atom is 0.226 e. The van der Waals surface area contributed by atoms with Gasteiger partial charge in [-0.3, -0.25) is 4.79 Å². The number of fused-ring (bicyclic) bond motifs is 1. The zero-order chi connectivity index (χ0) is 13.1. The number of thiazole rings is 1. The Balaban J connectivity index is 1.61. The highest BCUT2D eigenvalue weighted by molar-refractivity contribution is 7.18. The van der Waals surface area contributed by atoms with Crippen LogP contribution in [0.15, 0.2) is 29.8 Å². The van der Waals surface area contributed by atoms with E-state index in [1.165, 1.54) is 11.3 Å². The van der Waals surface area contributed by atoms with E-state index in [-0.39, 0.29) is 5.91 Å². The van der Waals surface area contributed by atoms with Crippen LogP contribution in [-0.4, -0.2) is 21.1 Å². The molecule has 2 aromatic heterocycles. The van der Waals surface area contributed by atoms with Crippen LogP contribution >= 0.6 is 22.7 Å². The van der Waals surface area contributed by atoms with Gasteiger partial charge < -0.3 is 5.32 Å². The standard InChI is InChI=1S/C12H10N4OS2/c17-10(15-12-16-13-7-18-12)5-6-11-14-8-3-1-2-4-9(8)19-11/h1-4,7H,5-6H2,(H,15,16,17). The summed E-state index contributed by atoms with van der Waals surface area (Å²) in [5.41, 5.74) is 2.58. The minimum absolute atomic E-state index is 0.0593. The Morgan fingerprint density at radius 1 is 1.32 bits per heavy atom. The number of nitrogens with zero attached hydrogens (tertiary/aromatic N) is 3. The lowest BCUT2D eigenvalue weighted by Crippen LogP contribution is -2.12. The minimum atomic E-state index is -0.0593. The Bertz CT molecular complexity index is 660. The first-order chi connectivity index (χ1) is 9.31. The first-order valence-corrected chi connectivity index (χ1v) is 7.41. The smallest absolute Gasteiger partial charge is 0.226 e. The fraction of sp³-hybridized carbons (Fsp3) is 0.167. The summed E-state index contributed by atoms with van der Waals surface area (Å²) < 4.78 is 1.15. The third kappa shape index (κ3) is 2.94. The normalized spacial score (nSPS) is 10.7. The number of amides is 1. The number of aryl methyl sites for hydroxylation is 1. The van der Waals surface area contributed by atoms with Crippen LogP contribution in [0, 0.1) is 0 Å². The van der Waals surface area contributed by atoms with Crippen LogP contribution in [0.1, 0.15) is 11.4 Å². The molecule has 0 fully saturated rings. The number of rotatable bonds is 4. The monoisotopic (exact) mass is 290 g/mol. The van der Waals surface area contributed by atoms with Crippen LogP contribution in [0.4, 0.5) is 5.13 Å². The lowest BCUT2D eigenvalue weighted by Gasteiger charge is -1.98. The van der Waals surface area contributed by atoms with Crippen molar-refractivity contribution in [1.82, 2.24) is 15.2 Å². The molecule has 0 spiro atoms. The van der Waals surface area contributed by atoms with Crippen molar-refractivity contribution in [1.29, 1.82) is 0 Å². The Morgan fingerprint density at radius 3 is 3.00 bits per heavy atom. The minimum Gasteiger partial charge on any atom is -0.301 e. The predicted molar refractivity (Wildman–Crippen MR) is 76.5 cm³/mol. The van der Waals surface area contributed by atoms with E-state index in [2.05, 4.69) is 20.5 Å². The van der Waals surface area contributed by atoms with Crippen LogP contribution in [0.2, 0.25) is 0 Å².